The predicted octanol–water partition coefficient (Wildman–Crippen LogP) is 1.57. The third-order valence-electron chi connectivity index (χ3n) is 2.59. The summed E-state index contributed by atoms with van der Waals surface area (Å²) in [5.41, 5.74) is 0. The number of aryl methyl sites for hydroxylation is 1. The van der Waals surface area contributed by atoms with Crippen molar-refractivity contribution >= 4 is 21.7 Å². The Balaban J connectivity index is 1.94. The van der Waals surface area contributed by atoms with Crippen molar-refractivity contribution in [3.63, 3.8) is 0 Å². The number of hydrogen-bond acceptors (Lipinski definition) is 4. The molecule has 1 aliphatic heterocycles. The number of halogens is 1. The molecule has 82 valence electrons. The summed E-state index contributed by atoms with van der Waals surface area (Å²) in [5.74, 6) is 2.41. The summed E-state index contributed by atoms with van der Waals surface area (Å²) in [6.45, 7) is 5.11. The molecule has 0 amide bonds. The van der Waals surface area contributed by atoms with Gasteiger partial charge >= 0.3 is 0 Å². The summed E-state index contributed by atoms with van der Waals surface area (Å²) in [5, 5.41) is 6.71. The Bertz CT molecular complexity index is 336. The summed E-state index contributed by atoms with van der Waals surface area (Å²) in [6, 6.07) is 0. The maximum Gasteiger partial charge on any atom is 0.144 e. The van der Waals surface area contributed by atoms with Gasteiger partial charge in [0.15, 0.2) is 0 Å². The van der Waals surface area contributed by atoms with Crippen molar-refractivity contribution in [1.29, 1.82) is 0 Å². The Morgan fingerprint density at radius 1 is 1.67 bits per heavy atom. The molecule has 1 aromatic rings. The van der Waals surface area contributed by atoms with E-state index >= 15 is 0 Å². The number of anilines is 1. The molecule has 5 heteroatoms. The Morgan fingerprint density at radius 3 is 3.27 bits per heavy atom. The number of nitrogens with one attached hydrogen (secondary N) is 2. The third-order valence-corrected chi connectivity index (χ3v) is 3.17. The molecule has 1 saturated heterocycles. The van der Waals surface area contributed by atoms with Crippen LogP contribution in [0.1, 0.15) is 12.2 Å². The van der Waals surface area contributed by atoms with Crippen LogP contribution in [0.4, 0.5) is 5.82 Å². The molecule has 0 radical (unpaired) electrons. The molecular weight excluding hydrogens is 256 g/mol. The van der Waals surface area contributed by atoms with Gasteiger partial charge in [-0.1, -0.05) is 0 Å². The van der Waals surface area contributed by atoms with Crippen LogP contribution in [0.25, 0.3) is 0 Å². The standard InChI is InChI=1S/C10H15BrN4/c1-7-13-6-9(11)10(15-7)14-5-8-2-3-12-4-8/h6,8,12H,2-5H2,1H3,(H,13,14,15). The van der Waals surface area contributed by atoms with Crippen molar-refractivity contribution in [2.75, 3.05) is 25.0 Å². The van der Waals surface area contributed by atoms with Crippen molar-refractivity contribution in [3.8, 4) is 0 Å². The molecule has 2 rings (SSSR count). The molecule has 0 saturated carbocycles. The monoisotopic (exact) mass is 270 g/mol. The second kappa shape index (κ2) is 4.90. The molecule has 1 unspecified atom stereocenters. The van der Waals surface area contributed by atoms with Crippen LogP contribution in [0.15, 0.2) is 10.7 Å². The fraction of sp³-hybridized carbons (Fsp3) is 0.600. The van der Waals surface area contributed by atoms with E-state index in [1.807, 2.05) is 6.92 Å². The van der Waals surface area contributed by atoms with Crippen LogP contribution in [-0.4, -0.2) is 29.6 Å². The minimum absolute atomic E-state index is 0.715. The Morgan fingerprint density at radius 2 is 2.53 bits per heavy atom. The van der Waals surface area contributed by atoms with Crippen LogP contribution < -0.4 is 10.6 Å². The SMILES string of the molecule is Cc1ncc(Br)c(NCC2CCNC2)n1. The molecule has 0 aliphatic carbocycles. The molecule has 0 spiro atoms. The van der Waals surface area contributed by atoms with Gasteiger partial charge in [-0.2, -0.15) is 0 Å². The molecule has 15 heavy (non-hydrogen) atoms. The lowest BCUT2D eigenvalue weighted by atomic mass is 10.1. The first-order valence-corrected chi connectivity index (χ1v) is 5.99. The largest absolute Gasteiger partial charge is 0.369 e. The van der Waals surface area contributed by atoms with Gasteiger partial charge in [0, 0.05) is 12.7 Å². The van der Waals surface area contributed by atoms with E-state index in [9.17, 15) is 0 Å². The van der Waals surface area contributed by atoms with Gasteiger partial charge in [0.1, 0.15) is 11.6 Å². The first-order chi connectivity index (χ1) is 7.25. The Labute approximate surface area is 98.0 Å². The molecule has 2 N–H and O–H groups in total. The van der Waals surface area contributed by atoms with Gasteiger partial charge in [-0.3, -0.25) is 0 Å². The van der Waals surface area contributed by atoms with Crippen LogP contribution in [0.3, 0.4) is 0 Å². The highest BCUT2D eigenvalue weighted by Crippen LogP contribution is 2.19. The summed E-state index contributed by atoms with van der Waals surface area (Å²) in [4.78, 5) is 8.45. The van der Waals surface area contributed by atoms with Crippen molar-refractivity contribution in [2.45, 2.75) is 13.3 Å². The highest BCUT2D eigenvalue weighted by atomic mass is 79.9. The first-order valence-electron chi connectivity index (χ1n) is 5.19. The van der Waals surface area contributed by atoms with E-state index in [-0.39, 0.29) is 0 Å². The highest BCUT2D eigenvalue weighted by molar-refractivity contribution is 9.10. The molecule has 1 fully saturated rings. The lowest BCUT2D eigenvalue weighted by Crippen LogP contribution is -2.18. The quantitative estimate of drug-likeness (QED) is 0.876. The molecule has 4 nitrogen and oxygen atoms in total. The maximum absolute atomic E-state index is 4.34. The predicted molar refractivity (Wildman–Crippen MR) is 63.9 cm³/mol. The summed E-state index contributed by atoms with van der Waals surface area (Å²) in [6.07, 6.45) is 3.03. The molecule has 1 atom stereocenters. The average molecular weight is 271 g/mol. The number of hydrogen-bond donors (Lipinski definition) is 2. The van der Waals surface area contributed by atoms with Gasteiger partial charge in [0.2, 0.25) is 0 Å². The van der Waals surface area contributed by atoms with Gasteiger partial charge in [-0.05, 0) is 48.3 Å². The second-order valence-corrected chi connectivity index (χ2v) is 4.71. The molecular formula is C10H15BrN4. The average Bonchev–Trinajstić information content (AvgIpc) is 2.72. The van der Waals surface area contributed by atoms with Crippen molar-refractivity contribution in [3.05, 3.63) is 16.5 Å². The number of nitrogens with zero attached hydrogens (tertiary/aromatic N) is 2. The molecule has 0 bridgehead atoms. The summed E-state index contributed by atoms with van der Waals surface area (Å²) in [7, 11) is 0. The highest BCUT2D eigenvalue weighted by Gasteiger charge is 2.14. The van der Waals surface area contributed by atoms with Crippen LogP contribution in [0, 0.1) is 12.8 Å². The molecule has 0 aromatic carbocycles. The summed E-state index contributed by atoms with van der Waals surface area (Å²) < 4.78 is 0.930. The van der Waals surface area contributed by atoms with E-state index in [0.717, 1.165) is 35.7 Å². The lowest BCUT2D eigenvalue weighted by Gasteiger charge is -2.11. The fourth-order valence-corrected chi connectivity index (χ4v) is 2.04. The number of aromatic nitrogens is 2. The van der Waals surface area contributed by atoms with Crippen molar-refractivity contribution in [2.24, 2.45) is 5.92 Å². The Hall–Kier alpha value is -0.680. The fourth-order valence-electron chi connectivity index (χ4n) is 1.71. The van der Waals surface area contributed by atoms with Crippen LogP contribution in [-0.2, 0) is 0 Å². The van der Waals surface area contributed by atoms with Gasteiger partial charge in [0.05, 0.1) is 4.47 Å². The molecule has 2 heterocycles. The van der Waals surface area contributed by atoms with Gasteiger partial charge in [0.25, 0.3) is 0 Å². The minimum atomic E-state index is 0.715. The van der Waals surface area contributed by atoms with Crippen LogP contribution in [0.2, 0.25) is 0 Å². The zero-order valence-corrected chi connectivity index (χ0v) is 10.3. The van der Waals surface area contributed by atoms with Crippen molar-refractivity contribution < 1.29 is 0 Å². The smallest absolute Gasteiger partial charge is 0.144 e. The first kappa shape index (κ1) is 10.8. The van der Waals surface area contributed by atoms with Crippen LogP contribution in [0.5, 0.6) is 0 Å². The summed E-state index contributed by atoms with van der Waals surface area (Å²) >= 11 is 3.44. The Kier molecular flexibility index (Phi) is 3.53. The molecule has 1 aromatic heterocycles. The van der Waals surface area contributed by atoms with E-state index in [1.54, 1.807) is 6.20 Å². The van der Waals surface area contributed by atoms with Gasteiger partial charge in [-0.15, -0.1) is 0 Å². The van der Waals surface area contributed by atoms with E-state index in [1.165, 1.54) is 6.42 Å². The van der Waals surface area contributed by atoms with Crippen molar-refractivity contribution in [1.82, 2.24) is 15.3 Å². The number of rotatable bonds is 3. The zero-order chi connectivity index (χ0) is 10.7. The molecule has 1 aliphatic rings. The maximum atomic E-state index is 4.34. The topological polar surface area (TPSA) is 49.8 Å². The van der Waals surface area contributed by atoms with Gasteiger partial charge in [-0.25, -0.2) is 9.97 Å². The minimum Gasteiger partial charge on any atom is -0.369 e. The van der Waals surface area contributed by atoms with Gasteiger partial charge < -0.3 is 10.6 Å². The zero-order valence-electron chi connectivity index (χ0n) is 8.76. The third kappa shape index (κ3) is 2.89. The van der Waals surface area contributed by atoms with E-state index in [2.05, 4.69) is 36.5 Å². The van der Waals surface area contributed by atoms with E-state index in [0.29, 0.717) is 5.92 Å². The van der Waals surface area contributed by atoms with Crippen LogP contribution >= 0.6 is 15.9 Å². The van der Waals surface area contributed by atoms with E-state index in [4.69, 9.17) is 0 Å². The van der Waals surface area contributed by atoms with E-state index < -0.39 is 0 Å². The normalized spacial score (nSPS) is 20.5. The second-order valence-electron chi connectivity index (χ2n) is 3.85. The lowest BCUT2D eigenvalue weighted by molar-refractivity contribution is 0.614.